The van der Waals surface area contributed by atoms with Gasteiger partial charge in [0.15, 0.2) is 0 Å². The largest absolute Gasteiger partial charge is 0.444 e. The van der Waals surface area contributed by atoms with Crippen molar-refractivity contribution in [3.05, 3.63) is 54.1 Å². The first-order valence-corrected chi connectivity index (χ1v) is 14.1. The van der Waals surface area contributed by atoms with Gasteiger partial charge in [-0.25, -0.2) is 9.78 Å². The number of rotatable bonds is 4. The Balaban J connectivity index is 1.17. The number of aromatic amines is 1. The number of ether oxygens (including phenoxy) is 1. The zero-order valence-electron chi connectivity index (χ0n) is 22.9. The molecule has 2 saturated heterocycles. The van der Waals surface area contributed by atoms with Gasteiger partial charge in [0.25, 0.3) is 0 Å². The molecular formula is C31H40N4O3. The molecule has 38 heavy (non-hydrogen) atoms. The topological polar surface area (TPSA) is 78.5 Å². The zero-order valence-corrected chi connectivity index (χ0v) is 22.9. The number of fused-ring (bicyclic) bond motifs is 1. The molecule has 3 aromatic rings. The maximum absolute atomic E-state index is 13.4. The van der Waals surface area contributed by atoms with E-state index in [1.54, 1.807) is 4.90 Å². The summed E-state index contributed by atoms with van der Waals surface area (Å²) in [7, 11) is 0. The van der Waals surface area contributed by atoms with E-state index < -0.39 is 5.60 Å². The van der Waals surface area contributed by atoms with Crippen molar-refractivity contribution >= 4 is 23.0 Å². The van der Waals surface area contributed by atoms with Crippen molar-refractivity contribution in [2.75, 3.05) is 26.2 Å². The molecule has 202 valence electrons. The lowest BCUT2D eigenvalue weighted by Crippen LogP contribution is -2.48. The lowest BCUT2D eigenvalue weighted by molar-refractivity contribution is -0.137. The summed E-state index contributed by atoms with van der Waals surface area (Å²) in [6.07, 6.45) is 5.51. The normalized spacial score (nSPS) is 20.8. The summed E-state index contributed by atoms with van der Waals surface area (Å²) in [5.74, 6) is 1.51. The van der Waals surface area contributed by atoms with Gasteiger partial charge in [-0.15, -0.1) is 0 Å². The number of nitrogens with zero attached hydrogens (tertiary/aromatic N) is 3. The van der Waals surface area contributed by atoms with E-state index in [0.717, 1.165) is 74.0 Å². The van der Waals surface area contributed by atoms with Crippen molar-refractivity contribution in [1.29, 1.82) is 0 Å². The van der Waals surface area contributed by atoms with Crippen LogP contribution in [0.3, 0.4) is 0 Å². The van der Waals surface area contributed by atoms with Gasteiger partial charge in [0, 0.05) is 31.7 Å². The first-order valence-electron chi connectivity index (χ1n) is 14.1. The van der Waals surface area contributed by atoms with E-state index in [1.165, 1.54) is 5.56 Å². The van der Waals surface area contributed by atoms with E-state index in [0.29, 0.717) is 19.0 Å². The van der Waals surface area contributed by atoms with Gasteiger partial charge in [-0.05, 0) is 89.0 Å². The molecule has 5 rings (SSSR count). The summed E-state index contributed by atoms with van der Waals surface area (Å²) in [6, 6.07) is 16.8. The molecule has 0 saturated carbocycles. The SMILES string of the molecule is CC(C)(C)OC(=O)N1CCC[C@H](C(=O)N2CCCC(Cc3cccc(-c4nc5ccccc5[nH]4)c3)CC2)C1. The molecule has 1 N–H and O–H groups in total. The van der Waals surface area contributed by atoms with Crippen LogP contribution in [0.25, 0.3) is 22.4 Å². The van der Waals surface area contributed by atoms with Gasteiger partial charge in [-0.3, -0.25) is 4.79 Å². The Bertz CT molecular complexity index is 1240. The van der Waals surface area contributed by atoms with Crippen molar-refractivity contribution in [1.82, 2.24) is 19.8 Å². The van der Waals surface area contributed by atoms with E-state index in [9.17, 15) is 9.59 Å². The Morgan fingerprint density at radius 2 is 1.76 bits per heavy atom. The molecule has 0 spiro atoms. The molecule has 0 aliphatic carbocycles. The highest BCUT2D eigenvalue weighted by Gasteiger charge is 2.33. The molecule has 0 bridgehead atoms. The predicted molar refractivity (Wildman–Crippen MR) is 150 cm³/mol. The summed E-state index contributed by atoms with van der Waals surface area (Å²) in [4.78, 5) is 38.0. The lowest BCUT2D eigenvalue weighted by Gasteiger charge is -2.35. The first kappa shape index (κ1) is 26.3. The minimum atomic E-state index is -0.528. The number of H-pyrrole nitrogens is 1. The van der Waals surface area contributed by atoms with Crippen LogP contribution >= 0.6 is 0 Å². The van der Waals surface area contributed by atoms with Crippen LogP contribution in [0.4, 0.5) is 4.79 Å². The van der Waals surface area contributed by atoms with Gasteiger partial charge < -0.3 is 19.5 Å². The predicted octanol–water partition coefficient (Wildman–Crippen LogP) is 6.05. The van der Waals surface area contributed by atoms with Gasteiger partial charge >= 0.3 is 6.09 Å². The molecule has 2 atom stereocenters. The minimum Gasteiger partial charge on any atom is -0.444 e. The Kier molecular flexibility index (Phi) is 7.73. The molecule has 1 aromatic heterocycles. The van der Waals surface area contributed by atoms with Crippen LogP contribution in [-0.2, 0) is 16.0 Å². The number of carbonyl (C=O) groups excluding carboxylic acids is 2. The molecule has 2 aromatic carbocycles. The third kappa shape index (κ3) is 6.37. The van der Waals surface area contributed by atoms with Gasteiger partial charge in [-0.1, -0.05) is 30.3 Å². The number of amides is 2. The number of hydrogen-bond acceptors (Lipinski definition) is 4. The summed E-state index contributed by atoms with van der Waals surface area (Å²) in [5, 5.41) is 0. The Hall–Kier alpha value is -3.35. The maximum atomic E-state index is 13.4. The van der Waals surface area contributed by atoms with Crippen LogP contribution in [0.5, 0.6) is 0 Å². The first-order chi connectivity index (χ1) is 18.2. The highest BCUT2D eigenvalue weighted by molar-refractivity contribution is 5.80. The Morgan fingerprint density at radius 3 is 2.58 bits per heavy atom. The summed E-state index contributed by atoms with van der Waals surface area (Å²) < 4.78 is 5.55. The van der Waals surface area contributed by atoms with Crippen molar-refractivity contribution in [2.45, 2.75) is 64.9 Å². The fourth-order valence-corrected chi connectivity index (χ4v) is 5.79. The van der Waals surface area contributed by atoms with E-state index in [2.05, 4.69) is 35.3 Å². The molecule has 3 heterocycles. The molecular weight excluding hydrogens is 476 g/mol. The van der Waals surface area contributed by atoms with Crippen LogP contribution in [0, 0.1) is 11.8 Å². The highest BCUT2D eigenvalue weighted by Crippen LogP contribution is 2.28. The van der Waals surface area contributed by atoms with E-state index in [-0.39, 0.29) is 17.9 Å². The van der Waals surface area contributed by atoms with Crippen molar-refractivity contribution in [3.8, 4) is 11.4 Å². The monoisotopic (exact) mass is 516 g/mol. The Morgan fingerprint density at radius 1 is 0.974 bits per heavy atom. The summed E-state index contributed by atoms with van der Waals surface area (Å²) >= 11 is 0. The molecule has 2 amide bonds. The van der Waals surface area contributed by atoms with Crippen LogP contribution in [0.15, 0.2) is 48.5 Å². The molecule has 0 radical (unpaired) electrons. The maximum Gasteiger partial charge on any atom is 0.410 e. The fourth-order valence-electron chi connectivity index (χ4n) is 5.79. The number of hydrogen-bond donors (Lipinski definition) is 1. The molecule has 7 nitrogen and oxygen atoms in total. The number of nitrogens with one attached hydrogen (secondary N) is 1. The van der Waals surface area contributed by atoms with Gasteiger partial charge in [-0.2, -0.15) is 0 Å². The average Bonchev–Trinajstić information content (AvgIpc) is 3.20. The number of piperidine rings is 1. The van der Waals surface area contributed by atoms with Gasteiger partial charge in [0.1, 0.15) is 11.4 Å². The van der Waals surface area contributed by atoms with Crippen LogP contribution < -0.4 is 0 Å². The zero-order chi connectivity index (χ0) is 26.7. The fraction of sp³-hybridized carbons (Fsp3) is 0.516. The number of imidazole rings is 1. The van der Waals surface area contributed by atoms with E-state index >= 15 is 0 Å². The van der Waals surface area contributed by atoms with Crippen LogP contribution in [0.2, 0.25) is 0 Å². The van der Waals surface area contributed by atoms with Gasteiger partial charge in [0.05, 0.1) is 17.0 Å². The molecule has 2 aliphatic rings. The smallest absolute Gasteiger partial charge is 0.410 e. The number of carbonyl (C=O) groups is 2. The quantitative estimate of drug-likeness (QED) is 0.458. The highest BCUT2D eigenvalue weighted by atomic mass is 16.6. The second-order valence-electron chi connectivity index (χ2n) is 11.9. The van der Waals surface area contributed by atoms with Crippen molar-refractivity contribution in [3.63, 3.8) is 0 Å². The molecule has 2 fully saturated rings. The summed E-state index contributed by atoms with van der Waals surface area (Å²) in [5.41, 5.74) is 3.92. The number of likely N-dealkylation sites (tertiary alicyclic amines) is 2. The van der Waals surface area contributed by atoms with Crippen LogP contribution in [0.1, 0.15) is 58.4 Å². The number of para-hydroxylation sites is 2. The summed E-state index contributed by atoms with van der Waals surface area (Å²) in [6.45, 7) is 8.34. The van der Waals surface area contributed by atoms with Crippen LogP contribution in [-0.4, -0.2) is 63.5 Å². The minimum absolute atomic E-state index is 0.131. The van der Waals surface area contributed by atoms with Crippen molar-refractivity contribution in [2.24, 2.45) is 11.8 Å². The second-order valence-corrected chi connectivity index (χ2v) is 11.9. The average molecular weight is 517 g/mol. The van der Waals surface area contributed by atoms with E-state index in [1.807, 2.05) is 43.9 Å². The number of aromatic nitrogens is 2. The molecule has 1 unspecified atom stereocenters. The third-order valence-electron chi connectivity index (χ3n) is 7.70. The second kappa shape index (κ2) is 11.2. The Labute approximate surface area is 225 Å². The molecule has 2 aliphatic heterocycles. The third-order valence-corrected chi connectivity index (χ3v) is 7.70. The standard InChI is InChI=1S/C31H40N4O3/c1-31(2,3)38-30(37)35-17-8-12-25(21-35)29(36)34-16-7-10-22(15-18-34)19-23-9-6-11-24(20-23)28-32-26-13-4-5-14-27(26)33-28/h4-6,9,11,13-14,20,22,25H,7-8,10,12,15-19,21H2,1-3H3,(H,32,33)/t22?,25-/m0/s1. The lowest BCUT2D eigenvalue weighted by atomic mass is 9.92. The molecule has 7 heteroatoms. The van der Waals surface area contributed by atoms with Crippen molar-refractivity contribution < 1.29 is 14.3 Å². The number of benzene rings is 2. The van der Waals surface area contributed by atoms with E-state index in [4.69, 9.17) is 9.72 Å². The van der Waals surface area contributed by atoms with Gasteiger partial charge in [0.2, 0.25) is 5.91 Å².